The van der Waals surface area contributed by atoms with E-state index in [1.807, 2.05) is 0 Å². The Hall–Kier alpha value is -0.396. The summed E-state index contributed by atoms with van der Waals surface area (Å²) in [6.45, 7) is 10.7. The van der Waals surface area contributed by atoms with Crippen molar-refractivity contribution in [1.82, 2.24) is 0 Å². The van der Waals surface area contributed by atoms with Gasteiger partial charge in [-0.1, -0.05) is 44.0 Å². The van der Waals surface area contributed by atoms with Crippen molar-refractivity contribution in [2.24, 2.45) is 0 Å². The molecule has 0 fully saturated rings. The van der Waals surface area contributed by atoms with E-state index in [0.29, 0.717) is 0 Å². The van der Waals surface area contributed by atoms with Crippen LogP contribution in [0.4, 0.5) is 0 Å². The second-order valence-electron chi connectivity index (χ2n) is 1.87. The van der Waals surface area contributed by atoms with Crippen molar-refractivity contribution in [2.75, 3.05) is 0 Å². The molecule has 0 aliphatic rings. The zero-order valence-corrected chi connectivity index (χ0v) is 9.92. The Morgan fingerprint density at radius 2 is 1.50 bits per heavy atom. The van der Waals surface area contributed by atoms with Gasteiger partial charge in [-0.2, -0.15) is 6.20 Å². The van der Waals surface area contributed by atoms with Gasteiger partial charge in [0.2, 0.25) is 0 Å². The molecule has 1 N–H and O–H groups in total. The smallest absolute Gasteiger partial charge is 0 e. The first kappa shape index (κ1) is 14.1. The number of hydrogen-bond acceptors (Lipinski definition) is 0. The quantitative estimate of drug-likeness (QED) is 0.667. The van der Waals surface area contributed by atoms with Gasteiger partial charge in [0.1, 0.15) is 0 Å². The first-order valence-electron chi connectivity index (χ1n) is 3.25. The molecule has 0 aliphatic carbocycles. The molecule has 0 saturated carbocycles. The van der Waals surface area contributed by atoms with Gasteiger partial charge in [0.05, 0.1) is 0 Å². The molecular formula is C10H12NY-. The average Bonchev–Trinajstić information content (AvgIpc) is 2.05. The fourth-order valence-electron chi connectivity index (χ4n) is 0.669. The molecule has 1 radical (unpaired) electrons. The zero-order chi connectivity index (χ0) is 8.69. The number of allylic oxidation sites excluding steroid dienone is 6. The molecular weight excluding hydrogens is 223 g/mol. The Morgan fingerprint density at radius 3 is 1.75 bits per heavy atom. The molecule has 12 heavy (non-hydrogen) atoms. The minimum absolute atomic E-state index is 0. The molecule has 0 saturated heterocycles. The Morgan fingerprint density at radius 1 is 1.00 bits per heavy atom. The molecule has 0 aliphatic heterocycles. The van der Waals surface area contributed by atoms with Crippen molar-refractivity contribution < 1.29 is 32.7 Å². The summed E-state index contributed by atoms with van der Waals surface area (Å²) >= 11 is 0. The molecule has 2 heteroatoms. The van der Waals surface area contributed by atoms with Crippen molar-refractivity contribution in [3.63, 3.8) is 0 Å². The normalized spacial score (nSPS) is 11.3. The summed E-state index contributed by atoms with van der Waals surface area (Å²) in [6.07, 6.45) is 7.97. The molecule has 0 amide bonds. The summed E-state index contributed by atoms with van der Waals surface area (Å²) in [6, 6.07) is 0. The molecule has 1 nitrogen and oxygen atoms in total. The fraction of sp³-hybridized carbons (Fsp3) is 0. The predicted molar refractivity (Wildman–Crippen MR) is 51.1 cm³/mol. The molecule has 0 rings (SSSR count). The largest absolute Gasteiger partial charge is 0.704 e. The van der Waals surface area contributed by atoms with Gasteiger partial charge in [0.25, 0.3) is 0 Å². The maximum atomic E-state index is 7.02. The van der Waals surface area contributed by atoms with E-state index in [9.17, 15) is 0 Å². The van der Waals surface area contributed by atoms with Crippen LogP contribution in [0.5, 0.6) is 0 Å². The van der Waals surface area contributed by atoms with Crippen LogP contribution < -0.4 is 0 Å². The predicted octanol–water partition coefficient (Wildman–Crippen LogP) is 3.40. The van der Waals surface area contributed by atoms with Crippen LogP contribution in [-0.4, -0.2) is 0 Å². The van der Waals surface area contributed by atoms with Gasteiger partial charge in [-0.15, -0.1) is 0 Å². The van der Waals surface area contributed by atoms with Gasteiger partial charge in [-0.25, -0.2) is 0 Å². The van der Waals surface area contributed by atoms with Gasteiger partial charge in [-0.05, 0) is 11.1 Å². The van der Waals surface area contributed by atoms with Crippen molar-refractivity contribution in [2.45, 2.75) is 0 Å². The Bertz CT molecular complexity index is 224. The van der Waals surface area contributed by atoms with E-state index in [-0.39, 0.29) is 32.7 Å². The van der Waals surface area contributed by atoms with Crippen LogP contribution in [0.15, 0.2) is 61.4 Å². The molecule has 0 aromatic rings. The van der Waals surface area contributed by atoms with E-state index < -0.39 is 0 Å². The van der Waals surface area contributed by atoms with E-state index in [1.165, 1.54) is 6.20 Å². The van der Waals surface area contributed by atoms with E-state index in [1.54, 1.807) is 24.3 Å². The third-order valence-corrected chi connectivity index (χ3v) is 1.23. The van der Waals surface area contributed by atoms with E-state index in [0.717, 1.165) is 11.1 Å². The van der Waals surface area contributed by atoms with Gasteiger partial charge < -0.3 is 5.73 Å². The summed E-state index contributed by atoms with van der Waals surface area (Å²) in [7, 11) is 0. The third-order valence-electron chi connectivity index (χ3n) is 1.23. The molecule has 61 valence electrons. The van der Waals surface area contributed by atoms with Crippen LogP contribution >= 0.6 is 0 Å². The van der Waals surface area contributed by atoms with Crippen LogP contribution in [0, 0.1) is 0 Å². The van der Waals surface area contributed by atoms with Gasteiger partial charge in [0.15, 0.2) is 0 Å². The Kier molecular flexibility index (Phi) is 10.3. The van der Waals surface area contributed by atoms with Crippen LogP contribution in [0.25, 0.3) is 5.73 Å². The van der Waals surface area contributed by atoms with Crippen molar-refractivity contribution in [1.29, 1.82) is 0 Å². The van der Waals surface area contributed by atoms with Crippen LogP contribution in [0.3, 0.4) is 0 Å². The third kappa shape index (κ3) is 4.48. The summed E-state index contributed by atoms with van der Waals surface area (Å²) in [5, 5.41) is 0. The van der Waals surface area contributed by atoms with Gasteiger partial charge in [-0.3, -0.25) is 0 Å². The summed E-state index contributed by atoms with van der Waals surface area (Å²) in [5.41, 5.74) is 8.63. The van der Waals surface area contributed by atoms with E-state index >= 15 is 0 Å². The monoisotopic (exact) mass is 235 g/mol. The summed E-state index contributed by atoms with van der Waals surface area (Å²) in [5.74, 6) is 0. The summed E-state index contributed by atoms with van der Waals surface area (Å²) in [4.78, 5) is 0. The molecule has 0 heterocycles. The topological polar surface area (TPSA) is 23.8 Å². The fourth-order valence-corrected chi connectivity index (χ4v) is 0.669. The second-order valence-corrected chi connectivity index (χ2v) is 1.87. The van der Waals surface area contributed by atoms with Crippen LogP contribution in [0.1, 0.15) is 0 Å². The molecule has 0 aromatic carbocycles. The Balaban J connectivity index is 0. The second kappa shape index (κ2) is 8.70. The first-order valence-corrected chi connectivity index (χ1v) is 3.25. The van der Waals surface area contributed by atoms with Gasteiger partial charge in [0, 0.05) is 32.7 Å². The standard InChI is InChI=1S/C10H12N.Y/c1-4-7-9(5-2)10(6-3)8-11;/h4-8,11H,1-3H2;/q-1;/b9-7+,10-8+;. The Labute approximate surface area is 99.3 Å². The first-order chi connectivity index (χ1) is 5.29. The molecule has 0 atom stereocenters. The maximum Gasteiger partial charge on any atom is 0 e. The SMILES string of the molecule is C=C/C=C(C=C)/C(C=C)=C/[NH-].[Y]. The van der Waals surface area contributed by atoms with Crippen molar-refractivity contribution in [3.8, 4) is 0 Å². The maximum absolute atomic E-state index is 7.02. The van der Waals surface area contributed by atoms with Crippen LogP contribution in [-0.2, 0) is 32.7 Å². The van der Waals surface area contributed by atoms with Crippen molar-refractivity contribution in [3.05, 3.63) is 67.1 Å². The number of hydrogen-bond donors (Lipinski definition) is 0. The van der Waals surface area contributed by atoms with E-state index in [2.05, 4.69) is 19.7 Å². The molecule has 0 bridgehead atoms. The summed E-state index contributed by atoms with van der Waals surface area (Å²) < 4.78 is 0. The van der Waals surface area contributed by atoms with Gasteiger partial charge >= 0.3 is 0 Å². The van der Waals surface area contributed by atoms with E-state index in [4.69, 9.17) is 5.73 Å². The van der Waals surface area contributed by atoms with Crippen molar-refractivity contribution >= 4 is 0 Å². The number of rotatable bonds is 4. The molecule has 0 spiro atoms. The minimum atomic E-state index is 0. The van der Waals surface area contributed by atoms with Crippen LogP contribution in [0.2, 0.25) is 0 Å². The molecule has 0 aromatic heterocycles. The molecule has 0 unspecified atom stereocenters. The average molecular weight is 235 g/mol. The minimum Gasteiger partial charge on any atom is -0.704 e. The zero-order valence-electron chi connectivity index (χ0n) is 7.09. The number of nitrogens with one attached hydrogen (secondary N) is 1.